The Morgan fingerprint density at radius 1 is 0.923 bits per heavy atom. The minimum Gasteiger partial charge on any atom is -0.449 e. The lowest BCUT2D eigenvalue weighted by atomic mass is 9.99. The van der Waals surface area contributed by atoms with Crippen molar-refractivity contribution in [2.75, 3.05) is 5.32 Å². The van der Waals surface area contributed by atoms with Crippen molar-refractivity contribution >= 4 is 50.2 Å². The van der Waals surface area contributed by atoms with Gasteiger partial charge < -0.3 is 9.15 Å². The molecule has 1 atom stereocenters. The van der Waals surface area contributed by atoms with Gasteiger partial charge in [-0.25, -0.2) is 14.8 Å². The van der Waals surface area contributed by atoms with E-state index in [0.29, 0.717) is 33.1 Å². The van der Waals surface area contributed by atoms with Crippen molar-refractivity contribution in [2.45, 2.75) is 20.0 Å². The third-order valence-electron chi connectivity index (χ3n) is 6.38. The van der Waals surface area contributed by atoms with Crippen LogP contribution in [0.3, 0.4) is 0 Å². The second kappa shape index (κ2) is 10.2. The number of nitrogens with one attached hydrogen (secondary N) is 1. The maximum Gasteiger partial charge on any atom is 0.339 e. The van der Waals surface area contributed by atoms with Crippen molar-refractivity contribution in [1.82, 2.24) is 9.97 Å². The molecule has 0 saturated heterocycles. The highest BCUT2D eigenvalue weighted by Gasteiger charge is 2.23. The molecule has 0 radical (unpaired) electrons. The van der Waals surface area contributed by atoms with E-state index in [1.807, 2.05) is 85.1 Å². The molecule has 6 aromatic rings. The standard InChI is InChI=1S/C31H23N3O4S/c1-18-13-15-20(16-14-18)25-17-39-31(33-25)34-28(35)19(2)37-30(36)23-10-6-8-21-7-5-9-22(27(21)23)29-32-24-11-3-4-12-26(24)38-29/h3-17,19H,1-2H3,(H,33,34,35). The Hall–Kier alpha value is -4.82. The summed E-state index contributed by atoms with van der Waals surface area (Å²) in [7, 11) is 0. The number of carbonyl (C=O) groups is 2. The summed E-state index contributed by atoms with van der Waals surface area (Å²) in [6.45, 7) is 3.56. The first-order chi connectivity index (χ1) is 19.0. The summed E-state index contributed by atoms with van der Waals surface area (Å²) in [6.07, 6.45) is -1.05. The van der Waals surface area contributed by atoms with Gasteiger partial charge in [-0.1, -0.05) is 66.2 Å². The SMILES string of the molecule is Cc1ccc(-c2csc(NC(=O)C(C)OC(=O)c3cccc4cccc(-c5nc6ccccc6o5)c34)n2)cc1. The third kappa shape index (κ3) is 4.89. The number of para-hydroxylation sites is 2. The highest BCUT2D eigenvalue weighted by molar-refractivity contribution is 7.14. The zero-order chi connectivity index (χ0) is 26.9. The Morgan fingerprint density at radius 2 is 1.69 bits per heavy atom. The fourth-order valence-electron chi connectivity index (χ4n) is 4.35. The lowest BCUT2D eigenvalue weighted by Gasteiger charge is -2.14. The molecule has 4 aromatic carbocycles. The third-order valence-corrected chi connectivity index (χ3v) is 7.14. The van der Waals surface area contributed by atoms with Crippen molar-refractivity contribution in [3.63, 3.8) is 0 Å². The van der Waals surface area contributed by atoms with E-state index in [1.165, 1.54) is 18.3 Å². The number of aryl methyl sites for hydroxylation is 1. The van der Waals surface area contributed by atoms with Gasteiger partial charge in [-0.2, -0.15) is 0 Å². The quantitative estimate of drug-likeness (QED) is 0.226. The van der Waals surface area contributed by atoms with E-state index < -0.39 is 18.0 Å². The normalized spacial score (nSPS) is 11.9. The van der Waals surface area contributed by atoms with E-state index in [1.54, 1.807) is 12.1 Å². The number of nitrogens with zero attached hydrogens (tertiary/aromatic N) is 2. The summed E-state index contributed by atoms with van der Waals surface area (Å²) in [6, 6.07) is 26.5. The molecule has 1 unspecified atom stereocenters. The first kappa shape index (κ1) is 24.5. The Morgan fingerprint density at radius 3 is 2.49 bits per heavy atom. The number of hydrogen-bond acceptors (Lipinski definition) is 7. The molecule has 8 heteroatoms. The van der Waals surface area contributed by atoms with Gasteiger partial charge in [0.05, 0.1) is 11.3 Å². The average Bonchev–Trinajstić information content (AvgIpc) is 3.60. The van der Waals surface area contributed by atoms with Crippen molar-refractivity contribution in [3.05, 3.63) is 101 Å². The Labute approximate surface area is 228 Å². The molecule has 0 aliphatic carbocycles. The smallest absolute Gasteiger partial charge is 0.339 e. The van der Waals surface area contributed by atoms with Crippen LogP contribution in [0.15, 0.2) is 94.7 Å². The highest BCUT2D eigenvalue weighted by atomic mass is 32.1. The van der Waals surface area contributed by atoms with Crippen LogP contribution < -0.4 is 5.32 Å². The number of carbonyl (C=O) groups excluding carboxylic acids is 2. The number of oxazole rings is 1. The molecule has 0 saturated carbocycles. The zero-order valence-electron chi connectivity index (χ0n) is 21.2. The van der Waals surface area contributed by atoms with Crippen LogP contribution in [-0.2, 0) is 9.53 Å². The van der Waals surface area contributed by atoms with Crippen LogP contribution in [0.25, 0.3) is 44.6 Å². The van der Waals surface area contributed by atoms with Gasteiger partial charge in [0.2, 0.25) is 5.89 Å². The molecule has 39 heavy (non-hydrogen) atoms. The lowest BCUT2D eigenvalue weighted by molar-refractivity contribution is -0.123. The number of ether oxygens (including phenoxy) is 1. The number of rotatable bonds is 6. The van der Waals surface area contributed by atoms with Gasteiger partial charge in [0.25, 0.3) is 5.91 Å². The van der Waals surface area contributed by atoms with E-state index in [-0.39, 0.29) is 0 Å². The molecule has 2 aromatic heterocycles. The number of amides is 1. The first-order valence-corrected chi connectivity index (χ1v) is 13.3. The molecule has 1 N–H and O–H groups in total. The van der Waals surface area contributed by atoms with E-state index in [0.717, 1.165) is 27.7 Å². The number of anilines is 1. The van der Waals surface area contributed by atoms with Crippen LogP contribution in [0, 0.1) is 6.92 Å². The zero-order valence-corrected chi connectivity index (χ0v) is 22.0. The summed E-state index contributed by atoms with van der Waals surface area (Å²) >= 11 is 1.31. The largest absolute Gasteiger partial charge is 0.449 e. The van der Waals surface area contributed by atoms with E-state index >= 15 is 0 Å². The summed E-state index contributed by atoms with van der Waals surface area (Å²) in [4.78, 5) is 35.3. The Kier molecular flexibility index (Phi) is 6.38. The molecule has 7 nitrogen and oxygen atoms in total. The Balaban J connectivity index is 1.23. The Bertz CT molecular complexity index is 1800. The topological polar surface area (TPSA) is 94.3 Å². The van der Waals surface area contributed by atoms with Crippen LogP contribution in [-0.4, -0.2) is 27.9 Å². The van der Waals surface area contributed by atoms with Crippen LogP contribution in [0.4, 0.5) is 5.13 Å². The molecule has 0 fully saturated rings. The van der Waals surface area contributed by atoms with E-state index in [9.17, 15) is 9.59 Å². The minimum atomic E-state index is -1.05. The van der Waals surface area contributed by atoms with E-state index in [2.05, 4.69) is 15.3 Å². The van der Waals surface area contributed by atoms with E-state index in [4.69, 9.17) is 9.15 Å². The van der Waals surface area contributed by atoms with Crippen LogP contribution in [0.5, 0.6) is 0 Å². The van der Waals surface area contributed by atoms with Crippen LogP contribution in [0.2, 0.25) is 0 Å². The summed E-state index contributed by atoms with van der Waals surface area (Å²) < 4.78 is 11.6. The van der Waals surface area contributed by atoms with Gasteiger partial charge in [-0.3, -0.25) is 10.1 Å². The second-order valence-corrected chi connectivity index (χ2v) is 9.99. The van der Waals surface area contributed by atoms with Crippen molar-refractivity contribution in [3.8, 4) is 22.7 Å². The lowest BCUT2D eigenvalue weighted by Crippen LogP contribution is -2.30. The number of thiazole rings is 1. The predicted octanol–water partition coefficient (Wildman–Crippen LogP) is 7.26. The number of hydrogen-bond donors (Lipinski definition) is 1. The summed E-state index contributed by atoms with van der Waals surface area (Å²) in [5.74, 6) is -0.681. The van der Waals surface area contributed by atoms with Gasteiger partial charge in [0.1, 0.15) is 5.52 Å². The maximum absolute atomic E-state index is 13.3. The number of benzene rings is 4. The van der Waals surface area contributed by atoms with Gasteiger partial charge in [-0.15, -0.1) is 11.3 Å². The maximum atomic E-state index is 13.3. The molecule has 192 valence electrons. The van der Waals surface area contributed by atoms with Gasteiger partial charge in [0, 0.05) is 21.9 Å². The van der Waals surface area contributed by atoms with Gasteiger partial charge >= 0.3 is 5.97 Å². The molecular formula is C31H23N3O4S. The molecule has 6 rings (SSSR count). The molecule has 0 aliphatic heterocycles. The van der Waals surface area contributed by atoms with Gasteiger partial charge in [-0.05, 0) is 43.5 Å². The van der Waals surface area contributed by atoms with Crippen LogP contribution >= 0.6 is 11.3 Å². The monoisotopic (exact) mass is 533 g/mol. The van der Waals surface area contributed by atoms with Crippen LogP contribution in [0.1, 0.15) is 22.8 Å². The van der Waals surface area contributed by atoms with Crippen molar-refractivity contribution in [2.24, 2.45) is 0 Å². The number of aromatic nitrogens is 2. The molecular weight excluding hydrogens is 510 g/mol. The molecule has 1 amide bonds. The predicted molar refractivity (Wildman–Crippen MR) is 153 cm³/mol. The number of esters is 1. The first-order valence-electron chi connectivity index (χ1n) is 12.4. The highest BCUT2D eigenvalue weighted by Crippen LogP contribution is 2.33. The average molecular weight is 534 g/mol. The summed E-state index contributed by atoms with van der Waals surface area (Å²) in [5, 5.41) is 6.54. The molecule has 0 spiro atoms. The summed E-state index contributed by atoms with van der Waals surface area (Å²) in [5.41, 5.74) is 5.25. The van der Waals surface area contributed by atoms with Crippen molar-refractivity contribution in [1.29, 1.82) is 0 Å². The fraction of sp³-hybridized carbons (Fsp3) is 0.0968. The number of fused-ring (bicyclic) bond motifs is 2. The molecule has 0 bridgehead atoms. The molecule has 0 aliphatic rings. The van der Waals surface area contributed by atoms with Gasteiger partial charge in [0.15, 0.2) is 16.8 Å². The molecule has 2 heterocycles. The minimum absolute atomic E-state index is 0.320. The van der Waals surface area contributed by atoms with Crippen molar-refractivity contribution < 1.29 is 18.7 Å². The second-order valence-electron chi connectivity index (χ2n) is 9.14. The fourth-order valence-corrected chi connectivity index (χ4v) is 5.07.